The van der Waals surface area contributed by atoms with Crippen LogP contribution in [0, 0.1) is 0 Å². The number of carbonyl (C=O) groups excluding carboxylic acids is 3. The van der Waals surface area contributed by atoms with Gasteiger partial charge >= 0.3 is 11.9 Å². The standard InChI is InChI=1S/C79H135NO8/c1-6-8-10-12-14-16-18-20-22-24-26-28-30-32-34-35-36-37-38-39-40-41-42-43-44-46-48-50-52-54-56-58-60-62-64-66-68-70-77(82)88-75(74-87-79(78(83)84)85-72-71-80(3,4)5)73-86-76(81)69-67-65-63-61-59-57-55-53-51-49-47-45-33-31-29-27-25-23-21-19-17-15-13-11-9-7-2/h8,10,14,16,20,22,26,28,32,34,36-37,39-40,42-43,46,48,52,54,75,79H,6-7,9,11-13,15,17-19,21,23-25,27,29-31,33,35,38,41,44-45,47,49-51,53,55-74H2,1-5H3/b10-8-,16-14-,22-20-,28-26-,34-32-,37-36-,40-39-,43-42-,48-46-,54-52-. The number of ether oxygens (including phenoxy) is 4. The number of aliphatic carboxylic acids is 1. The highest BCUT2D eigenvalue weighted by atomic mass is 16.7. The summed E-state index contributed by atoms with van der Waals surface area (Å²) in [5, 5.41) is 11.8. The van der Waals surface area contributed by atoms with Crippen molar-refractivity contribution in [2.45, 2.75) is 315 Å². The van der Waals surface area contributed by atoms with Crippen molar-refractivity contribution in [2.75, 3.05) is 47.5 Å². The van der Waals surface area contributed by atoms with E-state index < -0.39 is 24.3 Å². The molecule has 0 aromatic heterocycles. The van der Waals surface area contributed by atoms with E-state index in [1.54, 1.807) is 0 Å². The van der Waals surface area contributed by atoms with Gasteiger partial charge < -0.3 is 33.3 Å². The number of hydrogen-bond donors (Lipinski definition) is 0. The van der Waals surface area contributed by atoms with Crippen molar-refractivity contribution in [2.24, 2.45) is 0 Å². The fourth-order valence-corrected chi connectivity index (χ4v) is 9.98. The highest BCUT2D eigenvalue weighted by Crippen LogP contribution is 2.18. The Hall–Kier alpha value is -4.31. The molecule has 0 rings (SSSR count). The first-order chi connectivity index (χ1) is 43.1. The van der Waals surface area contributed by atoms with Crippen molar-refractivity contribution >= 4 is 17.9 Å². The molecule has 0 aromatic carbocycles. The Morgan fingerprint density at radius 1 is 0.352 bits per heavy atom. The van der Waals surface area contributed by atoms with E-state index in [1.165, 1.54) is 148 Å². The third-order valence-electron chi connectivity index (χ3n) is 15.5. The van der Waals surface area contributed by atoms with Gasteiger partial charge in [0.05, 0.1) is 40.3 Å². The zero-order valence-corrected chi connectivity index (χ0v) is 57.6. The third-order valence-corrected chi connectivity index (χ3v) is 15.5. The smallest absolute Gasteiger partial charge is 0.306 e. The van der Waals surface area contributed by atoms with Crippen LogP contribution in [-0.2, 0) is 33.3 Å². The number of esters is 2. The summed E-state index contributed by atoms with van der Waals surface area (Å²) in [5.74, 6) is -2.30. The first-order valence-electron chi connectivity index (χ1n) is 36.2. The van der Waals surface area contributed by atoms with Crippen LogP contribution < -0.4 is 5.11 Å². The second-order valence-electron chi connectivity index (χ2n) is 25.2. The molecule has 2 atom stereocenters. The van der Waals surface area contributed by atoms with Crippen LogP contribution in [0.25, 0.3) is 0 Å². The molecule has 0 spiro atoms. The quantitative estimate of drug-likeness (QED) is 0.0195. The van der Waals surface area contributed by atoms with Gasteiger partial charge in [0.2, 0.25) is 0 Å². The average molecular weight is 1230 g/mol. The molecule has 0 aliphatic carbocycles. The van der Waals surface area contributed by atoms with Crippen molar-refractivity contribution in [3.63, 3.8) is 0 Å². The molecule has 0 aliphatic heterocycles. The summed E-state index contributed by atoms with van der Waals surface area (Å²) in [6.45, 7) is 4.64. The number of quaternary nitrogens is 1. The van der Waals surface area contributed by atoms with Gasteiger partial charge in [-0.05, 0) is 89.9 Å². The number of carboxylic acid groups (broad SMARTS) is 1. The fraction of sp³-hybridized carbons (Fsp3) is 0.709. The van der Waals surface area contributed by atoms with E-state index in [-0.39, 0.29) is 38.6 Å². The van der Waals surface area contributed by atoms with Crippen LogP contribution in [0.4, 0.5) is 0 Å². The van der Waals surface area contributed by atoms with Crippen LogP contribution in [-0.4, -0.2) is 82.3 Å². The molecule has 0 radical (unpaired) electrons. The van der Waals surface area contributed by atoms with E-state index in [0.717, 1.165) is 122 Å². The van der Waals surface area contributed by atoms with Crippen molar-refractivity contribution in [1.82, 2.24) is 0 Å². The lowest BCUT2D eigenvalue weighted by Crippen LogP contribution is -2.44. The molecule has 0 heterocycles. The van der Waals surface area contributed by atoms with Crippen LogP contribution in [0.3, 0.4) is 0 Å². The molecule has 0 aromatic rings. The molecular weight excluding hydrogens is 1090 g/mol. The molecule has 0 aliphatic rings. The number of likely N-dealkylation sites (N-methyl/N-ethyl adjacent to an activating group) is 1. The number of unbranched alkanes of at least 4 members (excludes halogenated alkanes) is 31. The van der Waals surface area contributed by atoms with Gasteiger partial charge in [0.25, 0.3) is 0 Å². The predicted octanol–water partition coefficient (Wildman–Crippen LogP) is 21.4. The summed E-state index contributed by atoms with van der Waals surface area (Å²) in [6, 6.07) is 0. The molecular formula is C79H135NO8. The highest BCUT2D eigenvalue weighted by molar-refractivity contribution is 5.70. The molecule has 0 bridgehead atoms. The highest BCUT2D eigenvalue weighted by Gasteiger charge is 2.22. The minimum absolute atomic E-state index is 0.140. The molecule has 2 unspecified atom stereocenters. The van der Waals surface area contributed by atoms with Gasteiger partial charge in [0.1, 0.15) is 13.2 Å². The van der Waals surface area contributed by atoms with Crippen LogP contribution in [0.15, 0.2) is 122 Å². The van der Waals surface area contributed by atoms with Gasteiger partial charge in [-0.3, -0.25) is 9.59 Å². The summed E-state index contributed by atoms with van der Waals surface area (Å²) in [6.07, 6.45) is 94.3. The lowest BCUT2D eigenvalue weighted by Gasteiger charge is -2.26. The van der Waals surface area contributed by atoms with Gasteiger partial charge in [-0.25, -0.2) is 0 Å². The van der Waals surface area contributed by atoms with Gasteiger partial charge in [-0.1, -0.05) is 322 Å². The van der Waals surface area contributed by atoms with Crippen molar-refractivity contribution < 1.29 is 42.9 Å². The van der Waals surface area contributed by atoms with E-state index in [1.807, 2.05) is 21.1 Å². The van der Waals surface area contributed by atoms with Gasteiger partial charge in [-0.2, -0.15) is 0 Å². The molecule has 0 N–H and O–H groups in total. The molecule has 9 heteroatoms. The Kier molecular flexibility index (Phi) is 65.2. The first-order valence-corrected chi connectivity index (χ1v) is 36.2. The van der Waals surface area contributed by atoms with Crippen LogP contribution in [0.2, 0.25) is 0 Å². The van der Waals surface area contributed by atoms with Crippen LogP contribution in [0.1, 0.15) is 303 Å². The zero-order valence-electron chi connectivity index (χ0n) is 57.6. The molecule has 88 heavy (non-hydrogen) atoms. The van der Waals surface area contributed by atoms with Gasteiger partial charge in [0.15, 0.2) is 12.4 Å². The summed E-state index contributed by atoms with van der Waals surface area (Å²) >= 11 is 0. The molecule has 0 amide bonds. The number of carboxylic acids is 1. The molecule has 0 saturated carbocycles. The topological polar surface area (TPSA) is 111 Å². The van der Waals surface area contributed by atoms with E-state index in [9.17, 15) is 19.5 Å². The molecule has 9 nitrogen and oxygen atoms in total. The first kappa shape index (κ1) is 83.7. The second kappa shape index (κ2) is 68.6. The summed E-state index contributed by atoms with van der Waals surface area (Å²) in [7, 11) is 5.92. The fourth-order valence-electron chi connectivity index (χ4n) is 9.98. The summed E-state index contributed by atoms with van der Waals surface area (Å²) < 4.78 is 22.8. The second-order valence-corrected chi connectivity index (χ2v) is 25.2. The number of carbonyl (C=O) groups is 3. The Morgan fingerprint density at radius 2 is 0.648 bits per heavy atom. The predicted molar refractivity (Wildman–Crippen MR) is 375 cm³/mol. The van der Waals surface area contributed by atoms with Crippen molar-refractivity contribution in [3.8, 4) is 0 Å². The SMILES string of the molecule is CC/C=C\C/C=C\C/C=C\C/C=C\C/C=C\C/C=C\C/C=C\C/C=C\C/C=C\C/C=C\CCCCCCCCC(=O)OC(COC(=O)CCCCCCCCCCCCCCCCCCCCCCCCCCCC)COC(OCC[N+](C)(C)C)C(=O)[O-]. The maximum atomic E-state index is 12.9. The minimum atomic E-state index is -1.63. The normalized spacial score (nSPS) is 13.4. The monoisotopic (exact) mass is 1230 g/mol. The summed E-state index contributed by atoms with van der Waals surface area (Å²) in [4.78, 5) is 37.5. The van der Waals surface area contributed by atoms with E-state index in [0.29, 0.717) is 17.4 Å². The minimum Gasteiger partial charge on any atom is -0.545 e. The number of nitrogens with zero attached hydrogens (tertiary/aromatic N) is 1. The van der Waals surface area contributed by atoms with Crippen molar-refractivity contribution in [1.29, 1.82) is 0 Å². The van der Waals surface area contributed by atoms with E-state index in [2.05, 4.69) is 135 Å². The number of hydrogen-bond acceptors (Lipinski definition) is 8. The largest absolute Gasteiger partial charge is 0.545 e. The van der Waals surface area contributed by atoms with Crippen molar-refractivity contribution in [3.05, 3.63) is 122 Å². The maximum Gasteiger partial charge on any atom is 0.306 e. The van der Waals surface area contributed by atoms with Crippen LogP contribution >= 0.6 is 0 Å². The Bertz CT molecular complexity index is 1860. The average Bonchev–Trinajstić information content (AvgIpc) is 3.54. The van der Waals surface area contributed by atoms with E-state index >= 15 is 0 Å². The Labute approximate surface area is 542 Å². The molecule has 0 saturated heterocycles. The summed E-state index contributed by atoms with van der Waals surface area (Å²) in [5.41, 5.74) is 0. The molecule has 504 valence electrons. The maximum absolute atomic E-state index is 12.9. The molecule has 0 fully saturated rings. The van der Waals surface area contributed by atoms with E-state index in [4.69, 9.17) is 18.9 Å². The zero-order chi connectivity index (χ0) is 64.0. The number of allylic oxidation sites excluding steroid dienone is 20. The Balaban J connectivity index is 4.18. The number of rotatable bonds is 66. The lowest BCUT2D eigenvalue weighted by molar-refractivity contribution is -0.870. The Morgan fingerprint density at radius 3 is 0.966 bits per heavy atom. The lowest BCUT2D eigenvalue weighted by atomic mass is 10.0. The van der Waals surface area contributed by atoms with Crippen LogP contribution in [0.5, 0.6) is 0 Å². The van der Waals surface area contributed by atoms with Gasteiger partial charge in [0, 0.05) is 12.8 Å². The van der Waals surface area contributed by atoms with Gasteiger partial charge in [-0.15, -0.1) is 0 Å². The third kappa shape index (κ3) is 69.2.